The van der Waals surface area contributed by atoms with Crippen molar-refractivity contribution in [3.05, 3.63) is 83.1 Å². The summed E-state index contributed by atoms with van der Waals surface area (Å²) in [6, 6.07) is 13.0. The van der Waals surface area contributed by atoms with Crippen molar-refractivity contribution in [2.75, 3.05) is 0 Å². The first kappa shape index (κ1) is 19.3. The summed E-state index contributed by atoms with van der Waals surface area (Å²) in [5, 5.41) is 4.91. The number of aromatic nitrogens is 3. The average molecular weight is 403 g/mol. The lowest BCUT2D eigenvalue weighted by Crippen LogP contribution is -2.20. The monoisotopic (exact) mass is 403 g/mol. The van der Waals surface area contributed by atoms with E-state index in [1.807, 2.05) is 0 Å². The maximum atomic E-state index is 13.2. The van der Waals surface area contributed by atoms with Gasteiger partial charge >= 0.3 is 0 Å². The Morgan fingerprint density at radius 1 is 1.03 bits per heavy atom. The summed E-state index contributed by atoms with van der Waals surface area (Å²) >= 11 is 0. The second-order valence-electron chi connectivity index (χ2n) is 6.88. The molecule has 0 aliphatic carbocycles. The van der Waals surface area contributed by atoms with E-state index in [1.54, 1.807) is 54.2 Å². The number of hydrogen-bond donors (Lipinski definition) is 2. The first-order chi connectivity index (χ1) is 14.4. The van der Waals surface area contributed by atoms with Crippen LogP contribution >= 0.6 is 0 Å². The van der Waals surface area contributed by atoms with E-state index < -0.39 is 11.8 Å². The van der Waals surface area contributed by atoms with E-state index in [4.69, 9.17) is 11.5 Å². The normalized spacial score (nSPS) is 11.0. The smallest absolute Gasteiger partial charge is 0.267 e. The SMILES string of the molecule is Cc1c(-c2c(C(N)=O)nc3ccccc3c2C(N)=O)cnn1Cc1ccc(F)cc1. The molecule has 0 unspecified atom stereocenters. The molecule has 4 N–H and O–H groups in total. The number of nitrogens with two attached hydrogens (primary N) is 2. The number of nitrogens with zero attached hydrogens (tertiary/aromatic N) is 3. The molecule has 0 fully saturated rings. The molecule has 7 nitrogen and oxygen atoms in total. The minimum atomic E-state index is -0.774. The molecular formula is C22H18FN5O2. The van der Waals surface area contributed by atoms with Crippen molar-refractivity contribution < 1.29 is 14.0 Å². The van der Waals surface area contributed by atoms with Gasteiger partial charge in [-0.25, -0.2) is 9.37 Å². The summed E-state index contributed by atoms with van der Waals surface area (Å²) in [5.74, 6) is -1.79. The van der Waals surface area contributed by atoms with Gasteiger partial charge in [-0.15, -0.1) is 0 Å². The molecule has 0 radical (unpaired) electrons. The number of carbonyl (C=O) groups excluding carboxylic acids is 2. The van der Waals surface area contributed by atoms with Gasteiger partial charge in [-0.3, -0.25) is 14.3 Å². The number of fused-ring (bicyclic) bond motifs is 1. The molecule has 150 valence electrons. The molecule has 0 bridgehead atoms. The van der Waals surface area contributed by atoms with Crippen molar-refractivity contribution >= 4 is 22.7 Å². The van der Waals surface area contributed by atoms with Gasteiger partial charge in [0.25, 0.3) is 5.91 Å². The lowest BCUT2D eigenvalue weighted by molar-refractivity contribution is 0.0996. The van der Waals surface area contributed by atoms with E-state index in [2.05, 4.69) is 10.1 Å². The zero-order valence-corrected chi connectivity index (χ0v) is 16.1. The zero-order valence-electron chi connectivity index (χ0n) is 16.1. The van der Waals surface area contributed by atoms with E-state index >= 15 is 0 Å². The molecule has 8 heteroatoms. The minimum absolute atomic E-state index is 0.0491. The average Bonchev–Trinajstić information content (AvgIpc) is 3.07. The quantitative estimate of drug-likeness (QED) is 0.533. The highest BCUT2D eigenvalue weighted by atomic mass is 19.1. The van der Waals surface area contributed by atoms with Crippen molar-refractivity contribution in [3.8, 4) is 11.1 Å². The molecule has 2 heterocycles. The minimum Gasteiger partial charge on any atom is -0.366 e. The van der Waals surface area contributed by atoms with Gasteiger partial charge in [0.05, 0.1) is 23.8 Å². The summed E-state index contributed by atoms with van der Waals surface area (Å²) in [4.78, 5) is 29.0. The number of amides is 2. The lowest BCUT2D eigenvalue weighted by atomic mass is 9.94. The predicted octanol–water partition coefficient (Wildman–Crippen LogP) is 2.79. The number of benzene rings is 2. The van der Waals surface area contributed by atoms with E-state index in [0.29, 0.717) is 28.7 Å². The number of hydrogen-bond acceptors (Lipinski definition) is 4. The zero-order chi connectivity index (χ0) is 21.4. The fourth-order valence-corrected chi connectivity index (χ4v) is 3.52. The summed E-state index contributed by atoms with van der Waals surface area (Å²) in [6.07, 6.45) is 1.55. The number of primary amides is 2. The van der Waals surface area contributed by atoms with Crippen LogP contribution in [0.1, 0.15) is 32.1 Å². The Labute approximate surface area is 171 Å². The number of para-hydroxylation sites is 1. The molecule has 2 aromatic carbocycles. The topological polar surface area (TPSA) is 117 Å². The third-order valence-electron chi connectivity index (χ3n) is 4.99. The third kappa shape index (κ3) is 3.28. The second-order valence-corrected chi connectivity index (χ2v) is 6.88. The summed E-state index contributed by atoms with van der Waals surface area (Å²) in [7, 11) is 0. The Morgan fingerprint density at radius 2 is 1.73 bits per heavy atom. The van der Waals surface area contributed by atoms with Crippen LogP contribution in [0.4, 0.5) is 4.39 Å². The predicted molar refractivity (Wildman–Crippen MR) is 110 cm³/mol. The molecule has 0 aliphatic heterocycles. The van der Waals surface area contributed by atoms with Gasteiger partial charge in [0.1, 0.15) is 11.5 Å². The van der Waals surface area contributed by atoms with Crippen molar-refractivity contribution in [2.45, 2.75) is 13.5 Å². The molecule has 4 aromatic rings. The van der Waals surface area contributed by atoms with E-state index in [9.17, 15) is 14.0 Å². The van der Waals surface area contributed by atoms with Gasteiger partial charge in [0, 0.05) is 22.2 Å². The van der Waals surface area contributed by atoms with E-state index in [-0.39, 0.29) is 22.6 Å². The van der Waals surface area contributed by atoms with Crippen molar-refractivity contribution in [3.63, 3.8) is 0 Å². The first-order valence-electron chi connectivity index (χ1n) is 9.16. The largest absolute Gasteiger partial charge is 0.366 e. The van der Waals surface area contributed by atoms with Crippen LogP contribution in [0.3, 0.4) is 0 Å². The van der Waals surface area contributed by atoms with Gasteiger partial charge in [-0.1, -0.05) is 30.3 Å². The summed E-state index contributed by atoms with van der Waals surface area (Å²) in [6.45, 7) is 2.18. The van der Waals surface area contributed by atoms with Crippen LogP contribution in [0.15, 0.2) is 54.7 Å². The molecule has 30 heavy (non-hydrogen) atoms. The van der Waals surface area contributed by atoms with Gasteiger partial charge in [-0.2, -0.15) is 5.10 Å². The highest BCUT2D eigenvalue weighted by Gasteiger charge is 2.25. The van der Waals surface area contributed by atoms with Crippen molar-refractivity contribution in [1.82, 2.24) is 14.8 Å². The Kier molecular flexibility index (Phi) is 4.75. The van der Waals surface area contributed by atoms with Crippen LogP contribution in [0, 0.1) is 12.7 Å². The molecule has 0 saturated heterocycles. The van der Waals surface area contributed by atoms with Crippen LogP contribution in [0.2, 0.25) is 0 Å². The number of rotatable bonds is 5. The molecule has 2 amide bonds. The highest BCUT2D eigenvalue weighted by molar-refractivity contribution is 6.15. The van der Waals surface area contributed by atoms with Crippen LogP contribution in [0.5, 0.6) is 0 Å². The maximum absolute atomic E-state index is 13.2. The molecule has 0 atom stereocenters. The highest BCUT2D eigenvalue weighted by Crippen LogP contribution is 2.34. The third-order valence-corrected chi connectivity index (χ3v) is 4.99. The van der Waals surface area contributed by atoms with E-state index in [0.717, 1.165) is 5.56 Å². The van der Waals surface area contributed by atoms with Crippen LogP contribution < -0.4 is 11.5 Å². The number of halogens is 1. The molecular weight excluding hydrogens is 385 g/mol. The van der Waals surface area contributed by atoms with Gasteiger partial charge in [-0.05, 0) is 30.7 Å². The maximum Gasteiger partial charge on any atom is 0.267 e. The fourth-order valence-electron chi connectivity index (χ4n) is 3.52. The van der Waals surface area contributed by atoms with Crippen LogP contribution in [0.25, 0.3) is 22.0 Å². The van der Waals surface area contributed by atoms with Crippen molar-refractivity contribution in [1.29, 1.82) is 0 Å². The summed E-state index contributed by atoms with van der Waals surface area (Å²) < 4.78 is 14.9. The van der Waals surface area contributed by atoms with Crippen molar-refractivity contribution in [2.24, 2.45) is 11.5 Å². The van der Waals surface area contributed by atoms with E-state index in [1.165, 1.54) is 12.1 Å². The standard InChI is InChI=1S/C22H18FN5O2/c1-12-16(10-26-28(12)11-13-6-8-14(23)9-7-13)18-19(21(24)29)15-4-2-3-5-17(15)27-20(18)22(25)30/h2-10H,11H2,1H3,(H2,24,29)(H2,25,30). The number of pyridine rings is 1. The van der Waals surface area contributed by atoms with Gasteiger partial charge in [0.15, 0.2) is 0 Å². The van der Waals surface area contributed by atoms with Crippen LogP contribution in [-0.2, 0) is 6.54 Å². The Morgan fingerprint density at radius 3 is 2.40 bits per heavy atom. The lowest BCUT2D eigenvalue weighted by Gasteiger charge is -2.14. The summed E-state index contributed by atoms with van der Waals surface area (Å²) in [5.41, 5.74) is 14.2. The number of carbonyl (C=O) groups is 2. The second kappa shape index (κ2) is 7.40. The Hall–Kier alpha value is -4.07. The molecule has 0 aliphatic rings. The molecule has 0 spiro atoms. The fraction of sp³-hybridized carbons (Fsp3) is 0.0909. The Balaban J connectivity index is 1.93. The molecule has 2 aromatic heterocycles. The van der Waals surface area contributed by atoms with Crippen LogP contribution in [-0.4, -0.2) is 26.6 Å². The van der Waals surface area contributed by atoms with Gasteiger partial charge < -0.3 is 11.5 Å². The molecule has 0 saturated carbocycles. The van der Waals surface area contributed by atoms with Gasteiger partial charge in [0.2, 0.25) is 5.91 Å². The Bertz CT molecular complexity index is 1300. The molecule has 4 rings (SSSR count). The first-order valence-corrected chi connectivity index (χ1v) is 9.16.